The molecule has 0 saturated heterocycles. The van der Waals surface area contributed by atoms with Crippen molar-refractivity contribution in [1.29, 1.82) is 0 Å². The summed E-state index contributed by atoms with van der Waals surface area (Å²) >= 11 is 0. The third kappa shape index (κ3) is 24.6. The molecule has 0 rings (SSSR count). The number of nitrogens with zero attached hydrogens (tertiary/aromatic N) is 1. The van der Waals surface area contributed by atoms with Crippen LogP contribution in [-0.4, -0.2) is 37.1 Å². The standard InChI is InChI=1S/C31H63NO2/c1-4-6-8-10-12-14-16-18-20-24-28-32(3,30-26-22-23-27-31(33)34)29-25-21-19-17-15-13-11-9-7-5-2/h4-30H2,1-3H3. The van der Waals surface area contributed by atoms with Gasteiger partial charge in [0.25, 0.3) is 0 Å². The zero-order chi connectivity index (χ0) is 25.2. The molecule has 0 aromatic rings. The monoisotopic (exact) mass is 481 g/mol. The SMILES string of the molecule is CCCCCCCCCCCC[N+](C)(CCCCCCCCCCCC)CCCCCC(=O)[O-]. The lowest BCUT2D eigenvalue weighted by Crippen LogP contribution is -2.46. The molecule has 0 aromatic heterocycles. The fraction of sp³-hybridized carbons (Fsp3) is 0.968. The number of carboxylic acid groups (broad SMARTS) is 1. The number of unbranched alkanes of at least 4 members (excludes halogenated alkanes) is 20. The van der Waals surface area contributed by atoms with E-state index in [2.05, 4.69) is 20.9 Å². The molecule has 3 heteroatoms. The molecule has 0 atom stereocenters. The number of aliphatic carboxylic acids is 1. The lowest BCUT2D eigenvalue weighted by atomic mass is 10.0. The van der Waals surface area contributed by atoms with Crippen LogP contribution in [0.2, 0.25) is 0 Å². The normalized spacial score (nSPS) is 11.9. The van der Waals surface area contributed by atoms with Gasteiger partial charge in [-0.2, -0.15) is 0 Å². The molecule has 0 saturated carbocycles. The van der Waals surface area contributed by atoms with Crippen molar-refractivity contribution < 1.29 is 14.4 Å². The number of carboxylic acids is 1. The molecule has 0 aromatic carbocycles. The molecule has 0 heterocycles. The molecule has 0 amide bonds. The van der Waals surface area contributed by atoms with Crippen LogP contribution >= 0.6 is 0 Å². The fourth-order valence-corrected chi connectivity index (χ4v) is 5.24. The minimum Gasteiger partial charge on any atom is -0.550 e. The van der Waals surface area contributed by atoms with Crippen LogP contribution in [0.15, 0.2) is 0 Å². The maximum atomic E-state index is 10.7. The quantitative estimate of drug-likeness (QED) is 0.0829. The second-order valence-corrected chi connectivity index (χ2v) is 11.3. The smallest absolute Gasteiger partial charge is 0.0784 e. The predicted molar refractivity (Wildman–Crippen MR) is 148 cm³/mol. The maximum Gasteiger partial charge on any atom is 0.0784 e. The Kier molecular flexibility index (Phi) is 25.1. The van der Waals surface area contributed by atoms with Crippen molar-refractivity contribution in [3.05, 3.63) is 0 Å². The van der Waals surface area contributed by atoms with Crippen molar-refractivity contribution in [3.63, 3.8) is 0 Å². The van der Waals surface area contributed by atoms with Crippen molar-refractivity contribution in [3.8, 4) is 0 Å². The summed E-state index contributed by atoms with van der Waals surface area (Å²) in [6.07, 6.45) is 31.2. The molecule has 0 aliphatic carbocycles. The average molecular weight is 482 g/mol. The molecule has 34 heavy (non-hydrogen) atoms. The summed E-state index contributed by atoms with van der Waals surface area (Å²) in [5.74, 6) is -0.895. The van der Waals surface area contributed by atoms with Gasteiger partial charge in [0.05, 0.1) is 26.7 Å². The second-order valence-electron chi connectivity index (χ2n) is 11.3. The van der Waals surface area contributed by atoms with Crippen molar-refractivity contribution in [1.82, 2.24) is 0 Å². The van der Waals surface area contributed by atoms with E-state index in [4.69, 9.17) is 0 Å². The van der Waals surface area contributed by atoms with E-state index >= 15 is 0 Å². The molecule has 0 bridgehead atoms. The Hall–Kier alpha value is -0.570. The summed E-state index contributed by atoms with van der Waals surface area (Å²) in [5, 5.41) is 10.7. The Labute approximate surface area is 215 Å². The summed E-state index contributed by atoms with van der Waals surface area (Å²) in [6.45, 7) is 8.39. The first-order valence-corrected chi connectivity index (χ1v) is 15.6. The summed E-state index contributed by atoms with van der Waals surface area (Å²) in [7, 11) is 2.46. The second kappa shape index (κ2) is 25.5. The summed E-state index contributed by atoms with van der Waals surface area (Å²) in [5.41, 5.74) is 0. The highest BCUT2D eigenvalue weighted by Gasteiger charge is 2.20. The molecule has 0 fully saturated rings. The highest BCUT2D eigenvalue weighted by Crippen LogP contribution is 2.17. The van der Waals surface area contributed by atoms with Crippen LogP contribution in [0.5, 0.6) is 0 Å². The molecule has 0 aliphatic rings. The van der Waals surface area contributed by atoms with Crippen LogP contribution in [0, 0.1) is 0 Å². The fourth-order valence-electron chi connectivity index (χ4n) is 5.24. The Morgan fingerprint density at radius 1 is 0.471 bits per heavy atom. The lowest BCUT2D eigenvalue weighted by molar-refractivity contribution is -0.910. The zero-order valence-electron chi connectivity index (χ0n) is 23.9. The summed E-state index contributed by atoms with van der Waals surface area (Å²) in [4.78, 5) is 10.7. The number of carbonyl (C=O) groups excluding carboxylic acids is 1. The van der Waals surface area contributed by atoms with E-state index in [0.717, 1.165) is 19.3 Å². The lowest BCUT2D eigenvalue weighted by Gasteiger charge is -2.35. The van der Waals surface area contributed by atoms with Crippen molar-refractivity contribution in [2.24, 2.45) is 0 Å². The Bertz CT molecular complexity index is 400. The minimum absolute atomic E-state index is 0.223. The first-order valence-electron chi connectivity index (χ1n) is 15.6. The topological polar surface area (TPSA) is 40.1 Å². The summed E-state index contributed by atoms with van der Waals surface area (Å²) in [6, 6.07) is 0. The van der Waals surface area contributed by atoms with Crippen LogP contribution < -0.4 is 5.11 Å². The highest BCUT2D eigenvalue weighted by atomic mass is 16.4. The van der Waals surface area contributed by atoms with Crippen LogP contribution in [-0.2, 0) is 4.79 Å². The zero-order valence-corrected chi connectivity index (χ0v) is 23.9. The molecule has 0 N–H and O–H groups in total. The van der Waals surface area contributed by atoms with Gasteiger partial charge in [-0.15, -0.1) is 0 Å². The molecule has 0 spiro atoms. The van der Waals surface area contributed by atoms with E-state index in [1.54, 1.807) is 0 Å². The number of carbonyl (C=O) groups is 1. The molecule has 0 radical (unpaired) electrons. The van der Waals surface area contributed by atoms with Gasteiger partial charge in [-0.1, -0.05) is 117 Å². The van der Waals surface area contributed by atoms with Gasteiger partial charge in [0, 0.05) is 5.97 Å². The first kappa shape index (κ1) is 33.4. The van der Waals surface area contributed by atoms with Gasteiger partial charge >= 0.3 is 0 Å². The van der Waals surface area contributed by atoms with Crippen LogP contribution in [0.1, 0.15) is 168 Å². The van der Waals surface area contributed by atoms with Gasteiger partial charge in [0.15, 0.2) is 0 Å². The molecule has 3 nitrogen and oxygen atoms in total. The van der Waals surface area contributed by atoms with Crippen molar-refractivity contribution in [2.75, 3.05) is 26.7 Å². The largest absolute Gasteiger partial charge is 0.550 e. The third-order valence-corrected chi connectivity index (χ3v) is 7.68. The van der Waals surface area contributed by atoms with Crippen LogP contribution in [0.4, 0.5) is 0 Å². The number of rotatable bonds is 28. The number of quaternary nitrogens is 1. The van der Waals surface area contributed by atoms with Crippen LogP contribution in [0.25, 0.3) is 0 Å². The number of hydrogen-bond acceptors (Lipinski definition) is 2. The Morgan fingerprint density at radius 2 is 0.735 bits per heavy atom. The molecule has 0 aliphatic heterocycles. The maximum absolute atomic E-state index is 10.7. The van der Waals surface area contributed by atoms with Crippen molar-refractivity contribution >= 4 is 5.97 Å². The van der Waals surface area contributed by atoms with E-state index in [1.165, 1.54) is 153 Å². The molecular formula is C31H63NO2. The van der Waals surface area contributed by atoms with Gasteiger partial charge in [0.1, 0.15) is 0 Å². The third-order valence-electron chi connectivity index (χ3n) is 7.68. The minimum atomic E-state index is -0.895. The molecular weight excluding hydrogens is 418 g/mol. The van der Waals surface area contributed by atoms with E-state index < -0.39 is 5.97 Å². The van der Waals surface area contributed by atoms with Gasteiger partial charge in [0.2, 0.25) is 0 Å². The predicted octanol–water partition coefficient (Wildman–Crippen LogP) is 8.59. The van der Waals surface area contributed by atoms with Gasteiger partial charge < -0.3 is 14.4 Å². The van der Waals surface area contributed by atoms with Gasteiger partial charge in [-0.05, 0) is 51.4 Å². The molecule has 204 valence electrons. The van der Waals surface area contributed by atoms with Gasteiger partial charge in [-0.25, -0.2) is 0 Å². The first-order chi connectivity index (χ1) is 16.5. The van der Waals surface area contributed by atoms with Crippen molar-refractivity contribution in [2.45, 2.75) is 168 Å². The molecule has 0 unspecified atom stereocenters. The van der Waals surface area contributed by atoms with E-state index in [0.29, 0.717) is 0 Å². The van der Waals surface area contributed by atoms with Gasteiger partial charge in [-0.3, -0.25) is 0 Å². The highest BCUT2D eigenvalue weighted by molar-refractivity contribution is 5.64. The van der Waals surface area contributed by atoms with E-state index in [-0.39, 0.29) is 6.42 Å². The van der Waals surface area contributed by atoms with E-state index in [1.807, 2.05) is 0 Å². The average Bonchev–Trinajstić information content (AvgIpc) is 2.81. The van der Waals surface area contributed by atoms with E-state index in [9.17, 15) is 9.90 Å². The Balaban J connectivity index is 4.02. The Morgan fingerprint density at radius 3 is 1.03 bits per heavy atom. The summed E-state index contributed by atoms with van der Waals surface area (Å²) < 4.78 is 1.19. The number of hydrogen-bond donors (Lipinski definition) is 0. The van der Waals surface area contributed by atoms with Crippen LogP contribution in [0.3, 0.4) is 0 Å².